The van der Waals surface area contributed by atoms with Crippen molar-refractivity contribution >= 4 is 0 Å². The van der Waals surface area contributed by atoms with Crippen LogP contribution in [-0.4, -0.2) is 46.5 Å². The molecule has 0 bridgehead atoms. The van der Waals surface area contributed by atoms with Crippen molar-refractivity contribution in [2.24, 2.45) is 46.8 Å². The van der Waals surface area contributed by atoms with Crippen molar-refractivity contribution in [3.63, 3.8) is 0 Å². The maximum atomic E-state index is 11.4. The maximum Gasteiger partial charge on any atom is 0.0758 e. The predicted molar refractivity (Wildman–Crippen MR) is 120 cm³/mol. The van der Waals surface area contributed by atoms with Gasteiger partial charge in [-0.1, -0.05) is 26.3 Å². The molecule has 168 valence electrons. The molecule has 0 aromatic heterocycles. The lowest BCUT2D eigenvalue weighted by molar-refractivity contribution is -0.0706. The second-order valence-corrected chi connectivity index (χ2v) is 12.7. The molecular weight excluding hydrogens is 370 g/mol. The Kier molecular flexibility index (Phi) is 4.76. The average Bonchev–Trinajstić information content (AvgIpc) is 3.12. The summed E-state index contributed by atoms with van der Waals surface area (Å²) in [5.74, 6) is 5.02. The molecule has 0 spiro atoms. The van der Waals surface area contributed by atoms with Crippen LogP contribution in [-0.2, 0) is 0 Å². The minimum absolute atomic E-state index is 0.0758. The van der Waals surface area contributed by atoms with E-state index in [1.54, 1.807) is 5.57 Å². The third-order valence-corrected chi connectivity index (χ3v) is 11.4. The quantitative estimate of drug-likeness (QED) is 0.569. The van der Waals surface area contributed by atoms with E-state index >= 15 is 0 Å². The van der Waals surface area contributed by atoms with Crippen molar-refractivity contribution < 1.29 is 10.2 Å². The van der Waals surface area contributed by atoms with Crippen LogP contribution in [0.25, 0.3) is 0 Å². The Balaban J connectivity index is 1.32. The van der Waals surface area contributed by atoms with Gasteiger partial charge in [-0.3, -0.25) is 4.90 Å². The first kappa shape index (κ1) is 20.2. The minimum Gasteiger partial charge on any atom is -0.393 e. The normalized spacial score (nSPS) is 55.9. The Morgan fingerprint density at radius 2 is 1.77 bits per heavy atom. The largest absolute Gasteiger partial charge is 0.393 e. The van der Waals surface area contributed by atoms with Crippen LogP contribution in [0.2, 0.25) is 0 Å². The Morgan fingerprint density at radius 1 is 0.933 bits per heavy atom. The summed E-state index contributed by atoms with van der Waals surface area (Å²) in [6, 6.07) is 0.759. The number of aliphatic hydroxyl groups excluding tert-OH is 2. The lowest BCUT2D eigenvalue weighted by atomic mass is 9.54. The summed E-state index contributed by atoms with van der Waals surface area (Å²) in [5, 5.41) is 21.7. The van der Waals surface area contributed by atoms with Crippen LogP contribution in [0.15, 0.2) is 11.1 Å². The molecule has 5 fully saturated rings. The molecule has 6 aliphatic rings. The van der Waals surface area contributed by atoms with Crippen molar-refractivity contribution in [3.05, 3.63) is 11.1 Å². The topological polar surface area (TPSA) is 43.7 Å². The molecule has 0 unspecified atom stereocenters. The summed E-state index contributed by atoms with van der Waals surface area (Å²) >= 11 is 0. The first-order valence-corrected chi connectivity index (χ1v) is 13.2. The van der Waals surface area contributed by atoms with E-state index in [0.717, 1.165) is 43.1 Å². The van der Waals surface area contributed by atoms with Gasteiger partial charge in [0.2, 0.25) is 0 Å². The number of aliphatic hydroxyl groups is 2. The van der Waals surface area contributed by atoms with Gasteiger partial charge in [0.15, 0.2) is 0 Å². The highest BCUT2D eigenvalue weighted by molar-refractivity contribution is 5.36. The fraction of sp³-hybridized carbons (Fsp3) is 0.926. The summed E-state index contributed by atoms with van der Waals surface area (Å²) in [6.07, 6.45) is 10.4. The van der Waals surface area contributed by atoms with Gasteiger partial charge in [0.05, 0.1) is 12.2 Å². The molecule has 2 aliphatic heterocycles. The number of piperidine rings is 2. The van der Waals surface area contributed by atoms with Crippen LogP contribution in [0, 0.1) is 46.8 Å². The molecule has 30 heavy (non-hydrogen) atoms. The second-order valence-electron chi connectivity index (χ2n) is 12.7. The summed E-state index contributed by atoms with van der Waals surface area (Å²) < 4.78 is 0. The highest BCUT2D eigenvalue weighted by Crippen LogP contribution is 2.64. The summed E-state index contributed by atoms with van der Waals surface area (Å²) in [7, 11) is 0. The minimum atomic E-state index is -0.179. The SMILES string of the molecule is C[C@@H]1CC[C@H]2[C@H](C)[C@H]3C[C@@H](O)C4=C5CC[C@H]6C[C@@H](O)CC[C@]6(C)[C@H]5C[C@H]4[C@@H]3CN2C1. The van der Waals surface area contributed by atoms with E-state index in [1.165, 1.54) is 57.2 Å². The first-order chi connectivity index (χ1) is 14.4. The summed E-state index contributed by atoms with van der Waals surface area (Å²) in [6.45, 7) is 10.1. The zero-order valence-electron chi connectivity index (χ0n) is 19.4. The Labute approximate surface area is 183 Å². The van der Waals surface area contributed by atoms with Crippen molar-refractivity contribution in [2.45, 2.75) is 96.8 Å². The number of hydrogen-bond donors (Lipinski definition) is 2. The van der Waals surface area contributed by atoms with Crippen molar-refractivity contribution in [1.82, 2.24) is 4.90 Å². The van der Waals surface area contributed by atoms with Gasteiger partial charge in [-0.15, -0.1) is 0 Å². The molecule has 0 amide bonds. The Bertz CT molecular complexity index is 732. The van der Waals surface area contributed by atoms with E-state index in [-0.39, 0.29) is 12.2 Å². The van der Waals surface area contributed by atoms with Crippen LogP contribution >= 0.6 is 0 Å². The maximum absolute atomic E-state index is 11.4. The van der Waals surface area contributed by atoms with Crippen molar-refractivity contribution in [1.29, 1.82) is 0 Å². The molecular formula is C27H43NO2. The van der Waals surface area contributed by atoms with Gasteiger partial charge in [-0.25, -0.2) is 0 Å². The van der Waals surface area contributed by atoms with Gasteiger partial charge in [0.1, 0.15) is 0 Å². The van der Waals surface area contributed by atoms with Gasteiger partial charge >= 0.3 is 0 Å². The smallest absolute Gasteiger partial charge is 0.0758 e. The predicted octanol–water partition coefficient (Wildman–Crippen LogP) is 4.63. The zero-order valence-corrected chi connectivity index (χ0v) is 19.4. The van der Waals surface area contributed by atoms with Gasteiger partial charge in [0.25, 0.3) is 0 Å². The van der Waals surface area contributed by atoms with Crippen molar-refractivity contribution in [2.75, 3.05) is 13.1 Å². The fourth-order valence-electron chi connectivity index (χ4n) is 9.80. The van der Waals surface area contributed by atoms with E-state index in [4.69, 9.17) is 0 Å². The molecule has 3 saturated carbocycles. The van der Waals surface area contributed by atoms with Crippen LogP contribution < -0.4 is 0 Å². The third kappa shape index (κ3) is 2.80. The molecule has 2 N–H and O–H groups in total. The lowest BCUT2D eigenvalue weighted by Crippen LogP contribution is -2.59. The van der Waals surface area contributed by atoms with Gasteiger partial charge in [0, 0.05) is 19.1 Å². The molecule has 2 heterocycles. The first-order valence-electron chi connectivity index (χ1n) is 13.2. The van der Waals surface area contributed by atoms with Crippen molar-refractivity contribution in [3.8, 4) is 0 Å². The average molecular weight is 414 g/mol. The van der Waals surface area contributed by atoms with Crippen LogP contribution in [0.1, 0.15) is 78.6 Å². The Morgan fingerprint density at radius 3 is 2.60 bits per heavy atom. The molecule has 0 aromatic rings. The number of fused-ring (bicyclic) bond motifs is 7. The number of rotatable bonds is 0. The molecule has 0 aromatic carbocycles. The highest BCUT2D eigenvalue weighted by Gasteiger charge is 2.58. The number of nitrogens with zero attached hydrogens (tertiary/aromatic N) is 1. The molecule has 2 saturated heterocycles. The van der Waals surface area contributed by atoms with Crippen LogP contribution in [0.3, 0.4) is 0 Å². The standard InChI is InChI=1S/C27H43NO2/c1-15-4-7-24-16(2)20-12-25(30)26-19-6-5-17-10-18(29)8-9-27(17,3)23(19)11-21(26)22(20)14-28(24)13-15/h15-18,20-25,29-30H,4-14H2,1-3H3/t15-,16-,17+,18+,20-,21+,22-,23+,24+,25-,27+/m1/s1. The van der Waals surface area contributed by atoms with E-state index in [2.05, 4.69) is 25.7 Å². The second kappa shape index (κ2) is 7.06. The van der Waals surface area contributed by atoms with E-state index in [0.29, 0.717) is 29.1 Å². The molecule has 3 nitrogen and oxygen atoms in total. The fourth-order valence-corrected chi connectivity index (χ4v) is 9.80. The Hall–Kier alpha value is -0.380. The summed E-state index contributed by atoms with van der Waals surface area (Å²) in [4.78, 5) is 2.86. The molecule has 11 atom stereocenters. The lowest BCUT2D eigenvalue weighted by Gasteiger charge is -2.56. The molecule has 4 aliphatic carbocycles. The highest BCUT2D eigenvalue weighted by atomic mass is 16.3. The molecule has 3 heteroatoms. The number of hydrogen-bond acceptors (Lipinski definition) is 3. The van der Waals surface area contributed by atoms with Gasteiger partial charge in [-0.2, -0.15) is 0 Å². The van der Waals surface area contributed by atoms with Gasteiger partial charge in [-0.05, 0) is 110 Å². The van der Waals surface area contributed by atoms with E-state index in [1.807, 2.05) is 0 Å². The summed E-state index contributed by atoms with van der Waals surface area (Å²) in [5.41, 5.74) is 3.56. The third-order valence-electron chi connectivity index (χ3n) is 11.4. The van der Waals surface area contributed by atoms with Crippen LogP contribution in [0.4, 0.5) is 0 Å². The molecule has 6 rings (SSSR count). The number of allylic oxidation sites excluding steroid dienone is 1. The monoisotopic (exact) mass is 413 g/mol. The molecule has 0 radical (unpaired) electrons. The van der Waals surface area contributed by atoms with Crippen LogP contribution in [0.5, 0.6) is 0 Å². The van der Waals surface area contributed by atoms with E-state index in [9.17, 15) is 10.2 Å². The van der Waals surface area contributed by atoms with Gasteiger partial charge < -0.3 is 10.2 Å². The zero-order chi connectivity index (χ0) is 20.8. The van der Waals surface area contributed by atoms with E-state index < -0.39 is 0 Å².